The number of benzene rings is 4. The van der Waals surface area contributed by atoms with Gasteiger partial charge in [-0.2, -0.15) is 0 Å². The first-order chi connectivity index (χ1) is 16.8. The zero-order valence-corrected chi connectivity index (χ0v) is 19.4. The van der Waals surface area contributed by atoms with E-state index in [1.165, 1.54) is 0 Å². The minimum Gasteiger partial charge on any atom is -0.271 e. The Bertz CT molecular complexity index is 1200. The van der Waals surface area contributed by atoms with Crippen LogP contribution in [0.4, 0.5) is 22.7 Å². The van der Waals surface area contributed by atoms with Gasteiger partial charge in [0.1, 0.15) is 5.44 Å². The average Bonchev–Trinajstić information content (AvgIpc) is 2.92. The molecule has 0 atom stereocenters. The van der Waals surface area contributed by atoms with Gasteiger partial charge in [-0.25, -0.2) is 4.98 Å². The molecule has 0 N–H and O–H groups in total. The van der Waals surface area contributed by atoms with E-state index in [1.807, 2.05) is 149 Å². The SMILES string of the molecule is O=P(c1ccccn1)(N(c1ccccc1)c1ccccc1)N(c1ccccc1)c1ccccc1. The van der Waals surface area contributed by atoms with Crippen molar-refractivity contribution in [2.45, 2.75) is 0 Å². The van der Waals surface area contributed by atoms with Gasteiger partial charge in [0, 0.05) is 28.9 Å². The van der Waals surface area contributed by atoms with E-state index in [0.717, 1.165) is 22.7 Å². The minimum absolute atomic E-state index is 0.496. The molecule has 166 valence electrons. The van der Waals surface area contributed by atoms with Crippen LogP contribution in [0.3, 0.4) is 0 Å². The summed E-state index contributed by atoms with van der Waals surface area (Å²) < 4.78 is 19.7. The fourth-order valence-corrected chi connectivity index (χ4v) is 6.89. The normalized spacial score (nSPS) is 11.1. The number of para-hydroxylation sites is 4. The quantitative estimate of drug-likeness (QED) is 0.234. The molecule has 4 aromatic carbocycles. The van der Waals surface area contributed by atoms with Crippen LogP contribution in [0.5, 0.6) is 0 Å². The van der Waals surface area contributed by atoms with Gasteiger partial charge in [0.2, 0.25) is 0 Å². The average molecular weight is 462 g/mol. The van der Waals surface area contributed by atoms with Crippen LogP contribution in [0.25, 0.3) is 0 Å². The lowest BCUT2D eigenvalue weighted by atomic mass is 10.3. The smallest absolute Gasteiger partial charge is 0.271 e. The number of nitrogens with zero attached hydrogens (tertiary/aromatic N) is 3. The van der Waals surface area contributed by atoms with Crippen LogP contribution in [-0.2, 0) is 4.57 Å². The zero-order chi connectivity index (χ0) is 23.2. The molecular formula is C29H24N3OP. The van der Waals surface area contributed by atoms with Crippen LogP contribution in [0.1, 0.15) is 0 Å². The predicted molar refractivity (Wildman–Crippen MR) is 142 cm³/mol. The van der Waals surface area contributed by atoms with Crippen LogP contribution in [-0.4, -0.2) is 4.98 Å². The van der Waals surface area contributed by atoms with Crippen molar-refractivity contribution in [1.29, 1.82) is 0 Å². The number of aromatic nitrogens is 1. The number of hydrogen-bond acceptors (Lipinski definition) is 2. The summed E-state index contributed by atoms with van der Waals surface area (Å²) in [4.78, 5) is 4.65. The lowest BCUT2D eigenvalue weighted by Crippen LogP contribution is -2.34. The molecule has 0 radical (unpaired) electrons. The molecule has 0 saturated heterocycles. The van der Waals surface area contributed by atoms with Crippen LogP contribution in [0.2, 0.25) is 0 Å². The Morgan fingerprint density at radius 2 is 0.765 bits per heavy atom. The van der Waals surface area contributed by atoms with Gasteiger partial charge in [-0.15, -0.1) is 0 Å². The van der Waals surface area contributed by atoms with Crippen LogP contribution < -0.4 is 14.8 Å². The van der Waals surface area contributed by atoms with Gasteiger partial charge in [0.25, 0.3) is 0 Å². The summed E-state index contributed by atoms with van der Waals surface area (Å²) in [6.07, 6.45) is 1.70. The molecule has 0 amide bonds. The van der Waals surface area contributed by atoms with Crippen molar-refractivity contribution in [1.82, 2.24) is 4.98 Å². The van der Waals surface area contributed by atoms with Gasteiger partial charge in [-0.3, -0.25) is 13.9 Å². The molecule has 0 bridgehead atoms. The monoisotopic (exact) mass is 461 g/mol. The molecule has 0 aliphatic carbocycles. The summed E-state index contributed by atoms with van der Waals surface area (Å²) in [6, 6.07) is 45.0. The van der Waals surface area contributed by atoms with Gasteiger partial charge < -0.3 is 0 Å². The molecule has 1 aromatic heterocycles. The molecule has 5 heteroatoms. The van der Waals surface area contributed by atoms with Crippen LogP contribution in [0.15, 0.2) is 146 Å². The molecule has 1 heterocycles. The third-order valence-electron chi connectivity index (χ3n) is 5.49. The summed E-state index contributed by atoms with van der Waals surface area (Å²) in [7, 11) is -3.62. The molecule has 5 rings (SSSR count). The molecule has 0 fully saturated rings. The molecule has 4 nitrogen and oxygen atoms in total. The first kappa shape index (κ1) is 21.7. The molecule has 0 aliphatic rings. The molecular weight excluding hydrogens is 437 g/mol. The molecule has 0 aliphatic heterocycles. The highest BCUT2D eigenvalue weighted by Crippen LogP contribution is 2.61. The van der Waals surface area contributed by atoms with Crippen molar-refractivity contribution in [3.8, 4) is 0 Å². The number of pyridine rings is 1. The predicted octanol–water partition coefficient (Wildman–Crippen LogP) is 7.58. The maximum absolute atomic E-state index is 15.8. The molecule has 0 unspecified atom stereocenters. The molecule has 5 aromatic rings. The van der Waals surface area contributed by atoms with Crippen LogP contribution in [0, 0.1) is 0 Å². The highest BCUT2D eigenvalue weighted by Gasteiger charge is 2.43. The van der Waals surface area contributed by atoms with Crippen LogP contribution >= 0.6 is 7.44 Å². The van der Waals surface area contributed by atoms with Crippen molar-refractivity contribution in [2.24, 2.45) is 0 Å². The first-order valence-electron chi connectivity index (χ1n) is 11.1. The topological polar surface area (TPSA) is 36.4 Å². The Kier molecular flexibility index (Phi) is 6.24. The van der Waals surface area contributed by atoms with E-state index in [-0.39, 0.29) is 0 Å². The third kappa shape index (κ3) is 4.12. The second-order valence-corrected chi connectivity index (χ2v) is 10.0. The summed E-state index contributed by atoms with van der Waals surface area (Å²) in [6.45, 7) is 0. The van der Waals surface area contributed by atoms with Crippen molar-refractivity contribution in [3.05, 3.63) is 146 Å². The second-order valence-electron chi connectivity index (χ2n) is 7.70. The Morgan fingerprint density at radius 3 is 1.06 bits per heavy atom. The van der Waals surface area contributed by atoms with Crippen molar-refractivity contribution in [3.63, 3.8) is 0 Å². The highest BCUT2D eigenvalue weighted by molar-refractivity contribution is 7.75. The van der Waals surface area contributed by atoms with E-state index < -0.39 is 7.44 Å². The molecule has 0 saturated carbocycles. The van der Waals surface area contributed by atoms with Gasteiger partial charge in [-0.1, -0.05) is 78.9 Å². The van der Waals surface area contributed by atoms with E-state index in [9.17, 15) is 0 Å². The summed E-state index contributed by atoms with van der Waals surface area (Å²) in [5.74, 6) is 0. The molecule has 34 heavy (non-hydrogen) atoms. The van der Waals surface area contributed by atoms with E-state index in [4.69, 9.17) is 0 Å². The lowest BCUT2D eigenvalue weighted by molar-refractivity contribution is 0.580. The summed E-state index contributed by atoms with van der Waals surface area (Å²) in [5.41, 5.74) is 3.77. The summed E-state index contributed by atoms with van der Waals surface area (Å²) in [5, 5.41) is 0. The van der Waals surface area contributed by atoms with Crippen molar-refractivity contribution >= 4 is 35.6 Å². The number of anilines is 4. The van der Waals surface area contributed by atoms with E-state index in [1.54, 1.807) is 6.20 Å². The van der Waals surface area contributed by atoms with Gasteiger partial charge >= 0.3 is 7.44 Å². The maximum atomic E-state index is 15.8. The van der Waals surface area contributed by atoms with Gasteiger partial charge in [0.05, 0.1) is 0 Å². The van der Waals surface area contributed by atoms with E-state index in [0.29, 0.717) is 5.44 Å². The van der Waals surface area contributed by atoms with Gasteiger partial charge in [-0.05, 0) is 60.7 Å². The maximum Gasteiger partial charge on any atom is 0.319 e. The third-order valence-corrected chi connectivity index (χ3v) is 8.36. The first-order valence-corrected chi connectivity index (χ1v) is 12.7. The van der Waals surface area contributed by atoms with E-state index >= 15 is 4.57 Å². The molecule has 0 spiro atoms. The standard InChI is InChI=1S/C29H24N3OP/c33-34(29-23-13-14-24-30-29,31(25-15-5-1-6-16-25)26-17-7-2-8-18-26)32(27-19-9-3-10-20-27)28-21-11-4-12-22-28/h1-24H. The van der Waals surface area contributed by atoms with E-state index in [2.05, 4.69) is 4.98 Å². The zero-order valence-electron chi connectivity index (χ0n) is 18.6. The largest absolute Gasteiger partial charge is 0.319 e. The Morgan fingerprint density at radius 1 is 0.441 bits per heavy atom. The number of rotatable bonds is 7. The fraction of sp³-hybridized carbons (Fsp3) is 0. The Balaban J connectivity index is 1.86. The van der Waals surface area contributed by atoms with Crippen molar-refractivity contribution in [2.75, 3.05) is 9.34 Å². The summed E-state index contributed by atoms with van der Waals surface area (Å²) >= 11 is 0. The minimum atomic E-state index is -3.62. The van der Waals surface area contributed by atoms with Crippen molar-refractivity contribution < 1.29 is 4.57 Å². The van der Waals surface area contributed by atoms with Gasteiger partial charge in [0.15, 0.2) is 0 Å². The Hall–Kier alpha value is -4.14. The Labute approximate surface area is 200 Å². The second kappa shape index (κ2) is 9.78. The fourth-order valence-electron chi connectivity index (χ4n) is 4.02. The lowest BCUT2D eigenvalue weighted by Gasteiger charge is -2.41. The number of hydrogen-bond donors (Lipinski definition) is 0. The highest BCUT2D eigenvalue weighted by atomic mass is 31.2.